The van der Waals surface area contributed by atoms with Crippen LogP contribution >= 0.6 is 0 Å². The van der Waals surface area contributed by atoms with Crippen molar-refractivity contribution in [1.82, 2.24) is 10.6 Å². The predicted octanol–water partition coefficient (Wildman–Crippen LogP) is 4.45. The van der Waals surface area contributed by atoms with E-state index >= 15 is 0 Å². The van der Waals surface area contributed by atoms with Crippen molar-refractivity contribution in [3.05, 3.63) is 70.5 Å². The average Bonchev–Trinajstić information content (AvgIpc) is 3.00. The highest BCUT2D eigenvalue weighted by Crippen LogP contribution is 2.31. The first kappa shape index (κ1) is 19.6. The third kappa shape index (κ3) is 4.35. The summed E-state index contributed by atoms with van der Waals surface area (Å²) in [6, 6.07) is 13.1. The number of halogens is 1. The van der Waals surface area contributed by atoms with Gasteiger partial charge in [0.15, 0.2) is 0 Å². The zero-order valence-electron chi connectivity index (χ0n) is 16.9. The van der Waals surface area contributed by atoms with E-state index in [1.165, 1.54) is 23.3 Å². The van der Waals surface area contributed by atoms with E-state index in [1.807, 2.05) is 30.3 Å². The van der Waals surface area contributed by atoms with Crippen LogP contribution in [0.4, 0.5) is 4.39 Å². The van der Waals surface area contributed by atoms with Crippen LogP contribution in [-0.4, -0.2) is 24.6 Å². The molecule has 0 fully saturated rings. The number of ether oxygens (including phenoxy) is 1. The fourth-order valence-corrected chi connectivity index (χ4v) is 4.24. The first-order valence-corrected chi connectivity index (χ1v) is 10.3. The van der Waals surface area contributed by atoms with Gasteiger partial charge in [0.25, 0.3) is 5.91 Å². The fourth-order valence-electron chi connectivity index (χ4n) is 4.24. The molecule has 0 aromatic heterocycles. The molecule has 152 valence electrons. The Morgan fingerprint density at radius 1 is 1.14 bits per heavy atom. The van der Waals surface area contributed by atoms with Gasteiger partial charge in [-0.1, -0.05) is 25.1 Å². The van der Waals surface area contributed by atoms with Crippen LogP contribution in [0.2, 0.25) is 0 Å². The third-order valence-corrected chi connectivity index (χ3v) is 5.81. The molecule has 2 heterocycles. The quantitative estimate of drug-likeness (QED) is 0.788. The molecule has 0 spiro atoms. The molecule has 0 bridgehead atoms. The van der Waals surface area contributed by atoms with Crippen LogP contribution in [0.1, 0.15) is 54.6 Å². The van der Waals surface area contributed by atoms with Crippen LogP contribution in [0.15, 0.2) is 48.0 Å². The summed E-state index contributed by atoms with van der Waals surface area (Å²) in [4.78, 5) is 11.9. The highest BCUT2D eigenvalue weighted by molar-refractivity contribution is 5.98. The van der Waals surface area contributed by atoms with Gasteiger partial charge in [0.1, 0.15) is 18.2 Å². The predicted molar refractivity (Wildman–Crippen MR) is 112 cm³/mol. The Balaban J connectivity index is 1.62. The minimum atomic E-state index is -0.226. The molecular weight excluding hydrogens is 367 g/mol. The molecule has 2 aromatic carbocycles. The third-order valence-electron chi connectivity index (χ3n) is 5.81. The van der Waals surface area contributed by atoms with Crippen molar-refractivity contribution in [2.45, 2.75) is 51.7 Å². The molecule has 29 heavy (non-hydrogen) atoms. The molecule has 1 amide bonds. The standard InChI is InChI=1S/C24H27FN2O2/c1-3-20-11-22(16-4-7-19(25)8-5-16)18(10-15(2)27-20)14-29-21-9-6-17-13-26-24(28)23(17)12-21/h4-9,12,15,20,27H,3,10-11,13-14H2,1-2H3,(H,26,28)/t15-,20+/m1/s1. The fraction of sp³-hybridized carbons (Fsp3) is 0.375. The molecule has 5 heteroatoms. The highest BCUT2D eigenvalue weighted by atomic mass is 19.1. The zero-order valence-corrected chi connectivity index (χ0v) is 16.9. The molecular formula is C24H27FN2O2. The summed E-state index contributed by atoms with van der Waals surface area (Å²) in [5, 5.41) is 6.52. The maximum Gasteiger partial charge on any atom is 0.252 e. The normalized spacial score (nSPS) is 21.6. The summed E-state index contributed by atoms with van der Waals surface area (Å²) < 4.78 is 19.6. The topological polar surface area (TPSA) is 50.4 Å². The lowest BCUT2D eigenvalue weighted by molar-refractivity contribution is 0.0965. The van der Waals surface area contributed by atoms with E-state index in [-0.39, 0.29) is 11.7 Å². The number of carbonyl (C=O) groups excluding carboxylic acids is 1. The van der Waals surface area contributed by atoms with Crippen molar-refractivity contribution in [2.75, 3.05) is 6.61 Å². The number of hydrogen-bond acceptors (Lipinski definition) is 3. The van der Waals surface area contributed by atoms with Crippen LogP contribution in [0.25, 0.3) is 5.57 Å². The van der Waals surface area contributed by atoms with E-state index in [2.05, 4.69) is 24.5 Å². The lowest BCUT2D eigenvalue weighted by atomic mass is 9.93. The van der Waals surface area contributed by atoms with Gasteiger partial charge in [0.05, 0.1) is 0 Å². The van der Waals surface area contributed by atoms with Crippen molar-refractivity contribution < 1.29 is 13.9 Å². The van der Waals surface area contributed by atoms with Gasteiger partial charge in [-0.15, -0.1) is 0 Å². The molecule has 0 aliphatic carbocycles. The number of nitrogens with one attached hydrogen (secondary N) is 2. The van der Waals surface area contributed by atoms with Gasteiger partial charge >= 0.3 is 0 Å². The SMILES string of the molecule is CC[C@H]1CC(c2ccc(F)cc2)=C(COc2ccc3c(c2)C(=O)NC3)C[C@@H](C)N1. The second-order valence-electron chi connectivity index (χ2n) is 7.96. The van der Waals surface area contributed by atoms with Crippen molar-refractivity contribution in [3.63, 3.8) is 0 Å². The van der Waals surface area contributed by atoms with Crippen molar-refractivity contribution in [1.29, 1.82) is 0 Å². The number of carbonyl (C=O) groups is 1. The van der Waals surface area contributed by atoms with Crippen molar-refractivity contribution in [2.24, 2.45) is 0 Å². The second kappa shape index (κ2) is 8.37. The number of amides is 1. The summed E-state index contributed by atoms with van der Waals surface area (Å²) in [6.07, 6.45) is 2.79. The maximum atomic E-state index is 13.5. The Hall–Kier alpha value is -2.66. The van der Waals surface area contributed by atoms with Gasteiger partial charge in [-0.3, -0.25) is 4.79 Å². The number of rotatable bonds is 5. The van der Waals surface area contributed by atoms with E-state index in [0.29, 0.717) is 36.5 Å². The summed E-state index contributed by atoms with van der Waals surface area (Å²) in [5.41, 5.74) is 5.20. The van der Waals surface area contributed by atoms with Gasteiger partial charge in [-0.2, -0.15) is 0 Å². The minimum absolute atomic E-state index is 0.0465. The van der Waals surface area contributed by atoms with Gasteiger partial charge < -0.3 is 15.4 Å². The smallest absolute Gasteiger partial charge is 0.252 e. The molecule has 2 aliphatic heterocycles. The summed E-state index contributed by atoms with van der Waals surface area (Å²) in [5.74, 6) is 0.425. The van der Waals surface area contributed by atoms with E-state index in [1.54, 1.807) is 0 Å². The largest absolute Gasteiger partial charge is 0.489 e. The molecule has 2 aliphatic rings. The number of hydrogen-bond donors (Lipinski definition) is 2. The first-order chi connectivity index (χ1) is 14.0. The molecule has 0 saturated heterocycles. The molecule has 4 nitrogen and oxygen atoms in total. The van der Waals surface area contributed by atoms with Gasteiger partial charge in [0.2, 0.25) is 0 Å². The lowest BCUT2D eigenvalue weighted by Crippen LogP contribution is -2.34. The van der Waals surface area contributed by atoms with Crippen LogP contribution in [-0.2, 0) is 6.54 Å². The van der Waals surface area contributed by atoms with Crippen LogP contribution in [0, 0.1) is 5.82 Å². The van der Waals surface area contributed by atoms with E-state index in [0.717, 1.165) is 30.4 Å². The van der Waals surface area contributed by atoms with Crippen LogP contribution in [0.5, 0.6) is 5.75 Å². The number of fused-ring (bicyclic) bond motifs is 1. The van der Waals surface area contributed by atoms with Gasteiger partial charge in [0, 0.05) is 24.2 Å². The minimum Gasteiger partial charge on any atom is -0.489 e. The molecule has 2 aromatic rings. The Morgan fingerprint density at radius 2 is 1.93 bits per heavy atom. The maximum absolute atomic E-state index is 13.5. The molecule has 0 unspecified atom stereocenters. The Labute approximate surface area is 171 Å². The van der Waals surface area contributed by atoms with Gasteiger partial charge in [-0.25, -0.2) is 4.39 Å². The molecule has 2 N–H and O–H groups in total. The summed E-state index contributed by atoms with van der Waals surface area (Å²) >= 11 is 0. The molecule has 0 saturated carbocycles. The monoisotopic (exact) mass is 394 g/mol. The molecule has 0 radical (unpaired) electrons. The van der Waals surface area contributed by atoms with E-state index < -0.39 is 0 Å². The summed E-state index contributed by atoms with van der Waals surface area (Å²) in [7, 11) is 0. The second-order valence-corrected chi connectivity index (χ2v) is 7.96. The molecule has 2 atom stereocenters. The van der Waals surface area contributed by atoms with Crippen LogP contribution in [0.3, 0.4) is 0 Å². The Morgan fingerprint density at radius 3 is 2.69 bits per heavy atom. The van der Waals surface area contributed by atoms with Crippen LogP contribution < -0.4 is 15.4 Å². The molecule has 4 rings (SSSR count). The van der Waals surface area contributed by atoms with E-state index in [4.69, 9.17) is 4.74 Å². The van der Waals surface area contributed by atoms with E-state index in [9.17, 15) is 9.18 Å². The highest BCUT2D eigenvalue weighted by Gasteiger charge is 2.23. The zero-order chi connectivity index (χ0) is 20.4. The lowest BCUT2D eigenvalue weighted by Gasteiger charge is -2.19. The Kier molecular flexibility index (Phi) is 5.67. The summed E-state index contributed by atoms with van der Waals surface area (Å²) in [6.45, 7) is 5.41. The van der Waals surface area contributed by atoms with Crippen molar-refractivity contribution in [3.8, 4) is 5.75 Å². The number of benzene rings is 2. The van der Waals surface area contributed by atoms with Crippen molar-refractivity contribution >= 4 is 11.5 Å². The Bertz CT molecular complexity index is 936. The van der Waals surface area contributed by atoms with Gasteiger partial charge in [-0.05, 0) is 72.7 Å². The first-order valence-electron chi connectivity index (χ1n) is 10.3. The average molecular weight is 394 g/mol.